The fraction of sp³-hybridized carbons (Fsp3) is 1.00. The topological polar surface area (TPSA) is 99.4 Å². The van der Waals surface area contributed by atoms with Gasteiger partial charge in [0.05, 0.1) is 24.4 Å². The van der Waals surface area contributed by atoms with E-state index in [2.05, 4.69) is 5.32 Å². The minimum Gasteiger partial charge on any atom is -0.392 e. The summed E-state index contributed by atoms with van der Waals surface area (Å²) in [6.07, 6.45) is -1.66. The van der Waals surface area contributed by atoms with Crippen LogP contribution in [0.25, 0.3) is 0 Å². The largest absolute Gasteiger partial charge is 0.392 e. The van der Waals surface area contributed by atoms with Crippen molar-refractivity contribution >= 4 is 0 Å². The van der Waals surface area contributed by atoms with Crippen LogP contribution in [-0.2, 0) is 0 Å². The van der Waals surface area contributed by atoms with Crippen LogP contribution in [0.3, 0.4) is 0 Å². The molecule has 0 aromatic carbocycles. The lowest BCUT2D eigenvalue weighted by Crippen LogP contribution is -2.43. The Kier molecular flexibility index (Phi) is 12.9. The van der Waals surface area contributed by atoms with Gasteiger partial charge in [0.2, 0.25) is 0 Å². The van der Waals surface area contributed by atoms with Crippen LogP contribution in [0.4, 0.5) is 0 Å². The zero-order chi connectivity index (χ0) is 17.8. The summed E-state index contributed by atoms with van der Waals surface area (Å²) in [5.74, 6) is 0. The molecule has 5 N–H and O–H groups in total. The molecular weight excluding hydrogens is 298 g/mol. The van der Waals surface area contributed by atoms with Crippen molar-refractivity contribution in [2.24, 2.45) is 0 Å². The van der Waals surface area contributed by atoms with Crippen LogP contribution in [0.5, 0.6) is 0 Å². The molecule has 0 aliphatic carbocycles. The van der Waals surface area contributed by atoms with Gasteiger partial charge in [-0.1, -0.05) is 0 Å². The quantitative estimate of drug-likeness (QED) is 0.252. The van der Waals surface area contributed by atoms with Gasteiger partial charge < -0.3 is 25.7 Å². The molecule has 140 valence electrons. The Morgan fingerprint density at radius 2 is 0.870 bits per heavy atom. The van der Waals surface area contributed by atoms with Crippen molar-refractivity contribution < 1.29 is 20.4 Å². The summed E-state index contributed by atoms with van der Waals surface area (Å²) in [6.45, 7) is 12.2. The number of nitrogens with one attached hydrogen (secondary N) is 1. The molecule has 0 radical (unpaired) electrons. The lowest BCUT2D eigenvalue weighted by Gasteiger charge is -2.26. The molecule has 0 aromatic rings. The maximum atomic E-state index is 9.48. The van der Waals surface area contributed by atoms with Crippen LogP contribution in [0.1, 0.15) is 27.7 Å². The van der Waals surface area contributed by atoms with Gasteiger partial charge in [-0.2, -0.15) is 0 Å². The van der Waals surface area contributed by atoms with E-state index >= 15 is 0 Å². The molecule has 23 heavy (non-hydrogen) atoms. The third kappa shape index (κ3) is 15.0. The Morgan fingerprint density at radius 3 is 1.09 bits per heavy atom. The molecule has 4 atom stereocenters. The molecule has 0 rings (SSSR count). The van der Waals surface area contributed by atoms with Gasteiger partial charge in [0.15, 0.2) is 0 Å². The molecule has 7 heteroatoms. The molecule has 0 amide bonds. The van der Waals surface area contributed by atoms with Crippen molar-refractivity contribution in [3.63, 3.8) is 0 Å². The average Bonchev–Trinajstić information content (AvgIpc) is 2.34. The highest BCUT2D eigenvalue weighted by Gasteiger charge is 2.12. The van der Waals surface area contributed by atoms with Crippen molar-refractivity contribution in [3.8, 4) is 0 Å². The van der Waals surface area contributed by atoms with Gasteiger partial charge in [0.1, 0.15) is 0 Å². The third-order valence-electron chi connectivity index (χ3n) is 3.30. The molecule has 4 unspecified atom stereocenters. The first kappa shape index (κ1) is 22.7. The van der Waals surface area contributed by atoms with E-state index < -0.39 is 24.4 Å². The second-order valence-corrected chi connectivity index (χ2v) is 6.67. The maximum absolute atomic E-state index is 9.48. The van der Waals surface area contributed by atoms with Crippen LogP contribution >= 0.6 is 0 Å². The summed E-state index contributed by atoms with van der Waals surface area (Å²) in [5.41, 5.74) is 0. The minimum atomic E-state index is -0.415. The molecule has 0 fully saturated rings. The predicted octanol–water partition coefficient (Wildman–Crippen LogP) is -1.30. The van der Waals surface area contributed by atoms with Crippen molar-refractivity contribution in [2.75, 3.05) is 52.4 Å². The molecule has 0 aliphatic rings. The summed E-state index contributed by atoms with van der Waals surface area (Å²) >= 11 is 0. The molecule has 0 heterocycles. The second kappa shape index (κ2) is 13.1. The number of nitrogens with zero attached hydrogens (tertiary/aromatic N) is 2. The number of hydrogen-bond acceptors (Lipinski definition) is 7. The molecule has 0 saturated carbocycles. The monoisotopic (exact) mass is 335 g/mol. The maximum Gasteiger partial charge on any atom is 0.0639 e. The van der Waals surface area contributed by atoms with Crippen molar-refractivity contribution in [3.05, 3.63) is 0 Å². The predicted molar refractivity (Wildman–Crippen MR) is 92.5 cm³/mol. The third-order valence-corrected chi connectivity index (χ3v) is 3.30. The molecule has 0 saturated heterocycles. The smallest absolute Gasteiger partial charge is 0.0639 e. The van der Waals surface area contributed by atoms with E-state index in [4.69, 9.17) is 0 Å². The fourth-order valence-corrected chi connectivity index (χ4v) is 2.61. The number of rotatable bonds is 14. The van der Waals surface area contributed by atoms with Crippen molar-refractivity contribution in [2.45, 2.75) is 52.1 Å². The van der Waals surface area contributed by atoms with E-state index in [9.17, 15) is 20.4 Å². The van der Waals surface area contributed by atoms with Gasteiger partial charge in [0, 0.05) is 52.4 Å². The van der Waals surface area contributed by atoms with E-state index in [1.54, 1.807) is 27.7 Å². The highest BCUT2D eigenvalue weighted by atomic mass is 16.3. The summed E-state index contributed by atoms with van der Waals surface area (Å²) in [4.78, 5) is 4.07. The first-order valence-electron chi connectivity index (χ1n) is 8.58. The number of aliphatic hydroxyl groups excluding tert-OH is 4. The highest BCUT2D eigenvalue weighted by molar-refractivity contribution is 4.68. The SMILES string of the molecule is CC(O)CN(CCNCCN(CC(C)O)CC(C)O)CC(C)O. The second-order valence-electron chi connectivity index (χ2n) is 6.67. The van der Waals surface area contributed by atoms with Crippen molar-refractivity contribution in [1.29, 1.82) is 0 Å². The fourth-order valence-electron chi connectivity index (χ4n) is 2.61. The summed E-state index contributed by atoms with van der Waals surface area (Å²) in [7, 11) is 0. The summed E-state index contributed by atoms with van der Waals surface area (Å²) in [5, 5.41) is 41.3. The van der Waals surface area contributed by atoms with E-state index in [1.165, 1.54) is 0 Å². The Balaban J connectivity index is 4.00. The summed E-state index contributed by atoms with van der Waals surface area (Å²) < 4.78 is 0. The van der Waals surface area contributed by atoms with Crippen LogP contribution in [0.15, 0.2) is 0 Å². The zero-order valence-corrected chi connectivity index (χ0v) is 15.1. The van der Waals surface area contributed by atoms with E-state index in [-0.39, 0.29) is 0 Å². The normalized spacial score (nSPS) is 17.5. The molecule has 0 bridgehead atoms. The molecular formula is C16H37N3O4. The minimum absolute atomic E-state index is 0.415. The highest BCUT2D eigenvalue weighted by Crippen LogP contribution is 1.96. The van der Waals surface area contributed by atoms with Gasteiger partial charge in [0.25, 0.3) is 0 Å². The average molecular weight is 335 g/mol. The van der Waals surface area contributed by atoms with Crippen LogP contribution < -0.4 is 5.32 Å². The first-order valence-corrected chi connectivity index (χ1v) is 8.58. The van der Waals surface area contributed by atoms with Crippen molar-refractivity contribution in [1.82, 2.24) is 15.1 Å². The lowest BCUT2D eigenvalue weighted by atomic mass is 10.3. The standard InChI is InChI=1S/C16H37N3O4/c1-13(20)9-18(10-14(2)21)7-5-17-6-8-19(11-15(3)22)12-16(4)23/h13-17,20-23H,5-12H2,1-4H3. The number of hydrogen-bond donors (Lipinski definition) is 5. The molecule has 7 nitrogen and oxygen atoms in total. The zero-order valence-electron chi connectivity index (χ0n) is 15.1. The summed E-state index contributed by atoms with van der Waals surface area (Å²) in [6, 6.07) is 0. The van der Waals surface area contributed by atoms with Gasteiger partial charge in [-0.25, -0.2) is 0 Å². The Morgan fingerprint density at radius 1 is 0.609 bits per heavy atom. The first-order chi connectivity index (χ1) is 10.7. The van der Waals surface area contributed by atoms with Gasteiger partial charge >= 0.3 is 0 Å². The molecule has 0 aliphatic heterocycles. The van der Waals surface area contributed by atoms with Crippen LogP contribution in [0.2, 0.25) is 0 Å². The molecule has 0 spiro atoms. The van der Waals surface area contributed by atoms with Gasteiger partial charge in [-0.3, -0.25) is 9.80 Å². The molecule has 0 aromatic heterocycles. The Hall–Kier alpha value is -0.280. The lowest BCUT2D eigenvalue weighted by molar-refractivity contribution is 0.0807. The Bertz CT molecular complexity index is 230. The van der Waals surface area contributed by atoms with Crippen LogP contribution in [-0.4, -0.2) is 107 Å². The van der Waals surface area contributed by atoms with Gasteiger partial charge in [-0.15, -0.1) is 0 Å². The van der Waals surface area contributed by atoms with E-state index in [0.29, 0.717) is 26.2 Å². The number of aliphatic hydroxyl groups is 4. The van der Waals surface area contributed by atoms with Crippen LogP contribution in [0, 0.1) is 0 Å². The Labute approximate surface area is 140 Å². The van der Waals surface area contributed by atoms with E-state index in [1.807, 2.05) is 9.80 Å². The van der Waals surface area contributed by atoms with Gasteiger partial charge in [-0.05, 0) is 27.7 Å². The van der Waals surface area contributed by atoms with E-state index in [0.717, 1.165) is 26.2 Å².